The highest BCUT2D eigenvalue weighted by Crippen LogP contribution is 2.42. The normalized spacial score (nSPS) is 11.9. The number of phenolic OH excluding ortho intramolecular Hbond substituents is 1. The van der Waals surface area contributed by atoms with Gasteiger partial charge in [0.1, 0.15) is 31.4 Å². The lowest BCUT2D eigenvalue weighted by molar-refractivity contribution is 0.484. The molecule has 0 fully saturated rings. The minimum atomic E-state index is -0.311. The molecule has 10 rings (SSSR count). The molecule has 0 atom stereocenters. The van der Waals surface area contributed by atoms with Crippen molar-refractivity contribution in [2.75, 3.05) is 0 Å². The molecule has 8 aromatic carbocycles. The molecule has 0 bridgehead atoms. The molecule has 0 aliphatic rings. The van der Waals surface area contributed by atoms with Gasteiger partial charge in [-0.2, -0.15) is 0 Å². The minimum absolute atomic E-state index is 0.00559. The molecule has 0 saturated heterocycles. The fraction of sp³-hybridized carbons (Fsp3) is 0. The summed E-state index contributed by atoms with van der Waals surface area (Å²) in [7, 11) is 26.0. The molecule has 10 aromatic rings. The quantitative estimate of drug-likeness (QED) is 0.214. The van der Waals surface area contributed by atoms with Crippen molar-refractivity contribution in [1.29, 1.82) is 0 Å². The molecule has 1 N–H and O–H groups in total. The van der Waals surface area contributed by atoms with E-state index in [0.717, 1.165) is 65.6 Å². The van der Waals surface area contributed by atoms with E-state index in [1.54, 1.807) is 0 Å². The molecular weight excluding hydrogens is 616 g/mol. The zero-order chi connectivity index (χ0) is 34.5. The summed E-state index contributed by atoms with van der Waals surface area (Å²) in [4.78, 5) is 0. The molecule has 0 aliphatic heterocycles. The van der Waals surface area contributed by atoms with Crippen molar-refractivity contribution in [3.05, 3.63) is 140 Å². The Balaban J connectivity index is 1.31. The van der Waals surface area contributed by atoms with Crippen molar-refractivity contribution >= 4 is 118 Å². The van der Waals surface area contributed by atoms with Crippen molar-refractivity contribution < 1.29 is 5.11 Å². The highest BCUT2D eigenvalue weighted by molar-refractivity contribution is 6.60. The van der Waals surface area contributed by atoms with Gasteiger partial charge in [0.25, 0.3) is 0 Å². The van der Waals surface area contributed by atoms with Crippen molar-refractivity contribution in [2.45, 2.75) is 0 Å². The fourth-order valence-electron chi connectivity index (χ4n) is 8.08. The first-order chi connectivity index (χ1) is 24.9. The van der Waals surface area contributed by atoms with Crippen LogP contribution in [0, 0.1) is 0 Å². The number of nitrogens with zero attached hydrogens (tertiary/aromatic N) is 2. The first-order valence-electron chi connectivity index (χ1n) is 16.8. The second kappa shape index (κ2) is 11.0. The first-order valence-corrected chi connectivity index (χ1v) is 16.8. The fourth-order valence-corrected chi connectivity index (χ4v) is 8.08. The molecule has 2 heterocycles. The van der Waals surface area contributed by atoms with Gasteiger partial charge in [0.15, 0.2) is 0 Å². The molecule has 8 radical (unpaired) electrons. The number of phenols is 1. The van der Waals surface area contributed by atoms with E-state index in [-0.39, 0.29) is 27.6 Å². The Morgan fingerprint density at radius 3 is 1.76 bits per heavy atom. The zero-order valence-electron chi connectivity index (χ0n) is 27.4. The number of aromatic hydroxyl groups is 1. The van der Waals surface area contributed by atoms with Gasteiger partial charge in [0.05, 0.1) is 27.8 Å². The van der Waals surface area contributed by atoms with Gasteiger partial charge in [0.2, 0.25) is 0 Å². The van der Waals surface area contributed by atoms with Crippen LogP contribution in [0.2, 0.25) is 0 Å². The minimum Gasteiger partial charge on any atom is -0.509 e. The predicted molar refractivity (Wildman–Crippen MR) is 219 cm³/mol. The second-order valence-corrected chi connectivity index (χ2v) is 13.2. The Morgan fingerprint density at radius 1 is 0.412 bits per heavy atom. The van der Waals surface area contributed by atoms with Gasteiger partial charge in [-0.1, -0.05) is 125 Å². The number of aromatic nitrogens is 2. The van der Waals surface area contributed by atoms with E-state index in [2.05, 4.69) is 138 Å². The standard InChI is InChI=1S/C44H24B4N2O/c45-39-41(47)44(51)42(48)40(46)43(39)50-35-21-18-25-9-2-4-12-30(25)38(35)33-22-32-31-13-5-6-15-34(31)49(36(32)23-37(33)50)27-19-16-26(17-20-27)29-14-7-10-24-8-1-3-11-28(24)29/h1-23,51H. The smallest absolute Gasteiger partial charge is 0.118 e. The highest BCUT2D eigenvalue weighted by Gasteiger charge is 2.23. The summed E-state index contributed by atoms with van der Waals surface area (Å²) in [6.07, 6.45) is 0. The molecule has 228 valence electrons. The van der Waals surface area contributed by atoms with Gasteiger partial charge in [0, 0.05) is 32.9 Å². The summed E-state index contributed by atoms with van der Waals surface area (Å²) in [6, 6.07) is 49.2. The largest absolute Gasteiger partial charge is 0.509 e. The number of rotatable bonds is 3. The van der Waals surface area contributed by atoms with Crippen molar-refractivity contribution in [3.63, 3.8) is 0 Å². The van der Waals surface area contributed by atoms with E-state index in [9.17, 15) is 5.11 Å². The third kappa shape index (κ3) is 4.18. The Kier molecular flexibility index (Phi) is 6.41. The van der Waals surface area contributed by atoms with E-state index in [1.165, 1.54) is 16.3 Å². The molecule has 0 aliphatic carbocycles. The highest BCUT2D eigenvalue weighted by atomic mass is 16.3. The molecule has 0 amide bonds. The van der Waals surface area contributed by atoms with Crippen molar-refractivity contribution in [1.82, 2.24) is 9.13 Å². The van der Waals surface area contributed by atoms with Gasteiger partial charge in [-0.25, -0.2) is 0 Å². The van der Waals surface area contributed by atoms with E-state index in [0.29, 0.717) is 5.69 Å². The third-order valence-corrected chi connectivity index (χ3v) is 10.5. The number of para-hydroxylation sites is 1. The summed E-state index contributed by atoms with van der Waals surface area (Å²) in [5.74, 6) is -0.311. The van der Waals surface area contributed by atoms with Crippen LogP contribution in [0.3, 0.4) is 0 Å². The molecule has 0 saturated carbocycles. The van der Waals surface area contributed by atoms with Crippen LogP contribution in [0.15, 0.2) is 140 Å². The van der Waals surface area contributed by atoms with E-state index < -0.39 is 0 Å². The number of hydrogen-bond donors (Lipinski definition) is 1. The average Bonchev–Trinajstić information content (AvgIpc) is 3.67. The van der Waals surface area contributed by atoms with Crippen LogP contribution in [0.1, 0.15) is 0 Å². The predicted octanol–water partition coefficient (Wildman–Crippen LogP) is 6.74. The summed E-state index contributed by atoms with van der Waals surface area (Å²) in [6.45, 7) is 0. The van der Waals surface area contributed by atoms with Crippen LogP contribution in [-0.4, -0.2) is 45.6 Å². The summed E-state index contributed by atoms with van der Waals surface area (Å²) >= 11 is 0. The maximum atomic E-state index is 10.7. The van der Waals surface area contributed by atoms with E-state index >= 15 is 0 Å². The van der Waals surface area contributed by atoms with Crippen molar-refractivity contribution in [2.24, 2.45) is 0 Å². The van der Waals surface area contributed by atoms with Gasteiger partial charge < -0.3 is 14.2 Å². The Hall–Kier alpha value is -6.06. The van der Waals surface area contributed by atoms with Crippen LogP contribution in [-0.2, 0) is 0 Å². The van der Waals surface area contributed by atoms with Crippen molar-refractivity contribution in [3.8, 4) is 28.3 Å². The van der Waals surface area contributed by atoms with E-state index in [4.69, 9.17) is 31.4 Å². The maximum absolute atomic E-state index is 10.7. The molecule has 7 heteroatoms. The SMILES string of the molecule is [B]c1c([B])c(-n2c3cc4c(cc3c3c5ccccc5ccc32)c2ccccc2n4-c2ccc(-c3cccc4ccccc34)cc2)c([B])c([B])c1O. The van der Waals surface area contributed by atoms with Crippen LogP contribution >= 0.6 is 0 Å². The van der Waals surface area contributed by atoms with Gasteiger partial charge in [-0.15, -0.1) is 0 Å². The van der Waals surface area contributed by atoms with Gasteiger partial charge in [-0.3, -0.25) is 0 Å². The molecular formula is C44H24B4N2O. The summed E-state index contributed by atoms with van der Waals surface area (Å²) < 4.78 is 4.35. The van der Waals surface area contributed by atoms with Gasteiger partial charge >= 0.3 is 0 Å². The lowest BCUT2D eigenvalue weighted by Crippen LogP contribution is -2.44. The lowest BCUT2D eigenvalue weighted by atomic mass is 9.68. The summed E-state index contributed by atoms with van der Waals surface area (Å²) in [5, 5.41) is 19.7. The average molecular weight is 640 g/mol. The molecule has 0 spiro atoms. The van der Waals surface area contributed by atoms with Gasteiger partial charge in [-0.05, 0) is 69.1 Å². The Morgan fingerprint density at radius 2 is 1.02 bits per heavy atom. The number of hydrogen-bond acceptors (Lipinski definition) is 1. The Labute approximate surface area is 299 Å². The third-order valence-electron chi connectivity index (χ3n) is 10.5. The lowest BCUT2D eigenvalue weighted by Gasteiger charge is -2.22. The molecule has 0 unspecified atom stereocenters. The number of fused-ring (bicyclic) bond motifs is 9. The van der Waals surface area contributed by atoms with E-state index in [1.807, 2.05) is 10.6 Å². The maximum Gasteiger partial charge on any atom is 0.118 e. The topological polar surface area (TPSA) is 30.1 Å². The monoisotopic (exact) mass is 640 g/mol. The first kappa shape index (κ1) is 29.8. The second-order valence-electron chi connectivity index (χ2n) is 13.2. The van der Waals surface area contributed by atoms with Crippen LogP contribution < -0.4 is 21.9 Å². The number of benzene rings is 8. The molecule has 51 heavy (non-hydrogen) atoms. The Bertz CT molecular complexity index is 3050. The van der Waals surface area contributed by atoms with Crippen LogP contribution in [0.4, 0.5) is 0 Å². The molecule has 2 aromatic heterocycles. The molecule has 3 nitrogen and oxygen atoms in total. The van der Waals surface area contributed by atoms with Crippen LogP contribution in [0.25, 0.3) is 87.7 Å². The summed E-state index contributed by atoms with van der Waals surface area (Å²) in [5.41, 5.74) is 8.04. The van der Waals surface area contributed by atoms with Crippen LogP contribution in [0.5, 0.6) is 5.75 Å². The zero-order valence-corrected chi connectivity index (χ0v) is 27.4.